The molecule has 0 aromatic heterocycles. The maximum atomic E-state index is 11.6. The van der Waals surface area contributed by atoms with Crippen LogP contribution in [0.1, 0.15) is 65.7 Å². The molecule has 1 fully saturated rings. The summed E-state index contributed by atoms with van der Waals surface area (Å²) in [6, 6.07) is 0. The number of carbonyl (C=O) groups excluding carboxylic acids is 1. The Labute approximate surface area is 159 Å². The highest BCUT2D eigenvalue weighted by molar-refractivity contribution is 5.76. The number of hydrogen-bond donors (Lipinski definition) is 3. The van der Waals surface area contributed by atoms with Gasteiger partial charge in [-0.3, -0.25) is 15.0 Å². The van der Waals surface area contributed by atoms with Gasteiger partial charge >= 0.3 is 5.97 Å². The van der Waals surface area contributed by atoms with Crippen LogP contribution in [0.4, 0.5) is 0 Å². The molecule has 10 nitrogen and oxygen atoms in total. The lowest BCUT2D eigenvalue weighted by Gasteiger charge is -2.31. The zero-order valence-corrected chi connectivity index (χ0v) is 16.4. The van der Waals surface area contributed by atoms with E-state index < -0.39 is 17.2 Å². The summed E-state index contributed by atoms with van der Waals surface area (Å²) in [6.07, 6.45) is 4.23. The number of nitrogens with one attached hydrogen (secondary N) is 1. The maximum Gasteiger partial charge on any atom is 0.319 e. The van der Waals surface area contributed by atoms with Gasteiger partial charge in [-0.1, -0.05) is 19.8 Å². The van der Waals surface area contributed by atoms with Crippen molar-refractivity contribution in [2.45, 2.75) is 77.9 Å². The van der Waals surface area contributed by atoms with Crippen molar-refractivity contribution in [3.63, 3.8) is 0 Å². The van der Waals surface area contributed by atoms with Crippen molar-refractivity contribution in [1.82, 2.24) is 10.4 Å². The summed E-state index contributed by atoms with van der Waals surface area (Å²) in [5, 5.41) is 28.1. The normalized spacial score (nSPS) is 19.2. The number of aliphatic carboxylic acids is 1. The number of amides is 1. The van der Waals surface area contributed by atoms with Gasteiger partial charge in [-0.05, 0) is 45.4 Å². The maximum absolute atomic E-state index is 11.6. The summed E-state index contributed by atoms with van der Waals surface area (Å²) in [6.45, 7) is 5.33. The number of hydrazine groups is 1. The van der Waals surface area contributed by atoms with E-state index in [1.54, 1.807) is 13.8 Å². The number of aliphatic hydroxyl groups is 1. The fourth-order valence-electron chi connectivity index (χ4n) is 2.87. The smallest absolute Gasteiger partial charge is 0.319 e. The Balaban J connectivity index is 0.00000153. The van der Waals surface area contributed by atoms with Gasteiger partial charge in [-0.2, -0.15) is 0 Å². The molecule has 0 spiro atoms. The van der Waals surface area contributed by atoms with Crippen molar-refractivity contribution in [3.8, 4) is 0 Å². The standard InChI is InChI=1S/C14H25N3O6.C3H8O/c1-2-5-13(18)15-16(10-14(19)20)9-8-11-6-3-4-7-12(11)23-17(21)22;1-3(2)4/h11-12H,2-10H2,1H3,(H,15,18)(H,19,20);3-4H,1-2H3. The highest BCUT2D eigenvalue weighted by Crippen LogP contribution is 2.29. The molecule has 10 heteroatoms. The van der Waals surface area contributed by atoms with E-state index in [-0.39, 0.29) is 24.5 Å². The molecule has 1 aliphatic rings. The summed E-state index contributed by atoms with van der Waals surface area (Å²) < 4.78 is 0. The molecule has 1 saturated carbocycles. The molecule has 3 N–H and O–H groups in total. The second-order valence-electron chi connectivity index (χ2n) is 6.89. The largest absolute Gasteiger partial charge is 0.480 e. The van der Waals surface area contributed by atoms with E-state index in [0.717, 1.165) is 19.3 Å². The number of carboxylic acid groups (broad SMARTS) is 1. The van der Waals surface area contributed by atoms with Gasteiger partial charge in [-0.15, -0.1) is 10.1 Å². The second kappa shape index (κ2) is 14.2. The van der Waals surface area contributed by atoms with Crippen LogP contribution in [0.15, 0.2) is 0 Å². The first-order valence-electron chi connectivity index (χ1n) is 9.41. The van der Waals surface area contributed by atoms with E-state index in [1.807, 2.05) is 6.92 Å². The number of carbonyl (C=O) groups is 2. The summed E-state index contributed by atoms with van der Waals surface area (Å²) in [4.78, 5) is 37.8. The predicted octanol–water partition coefficient (Wildman–Crippen LogP) is 1.75. The first kappa shape index (κ1) is 25.1. The van der Waals surface area contributed by atoms with E-state index in [2.05, 4.69) is 5.43 Å². The van der Waals surface area contributed by atoms with E-state index >= 15 is 0 Å². The van der Waals surface area contributed by atoms with Crippen LogP contribution in [0.3, 0.4) is 0 Å². The van der Waals surface area contributed by atoms with Gasteiger partial charge in [0.05, 0.1) is 0 Å². The van der Waals surface area contributed by atoms with Crippen LogP contribution in [0.25, 0.3) is 0 Å². The van der Waals surface area contributed by atoms with E-state index in [4.69, 9.17) is 15.1 Å². The molecule has 0 bridgehead atoms. The zero-order chi connectivity index (χ0) is 20.8. The summed E-state index contributed by atoms with van der Waals surface area (Å²) in [5.74, 6) is -1.27. The zero-order valence-electron chi connectivity index (χ0n) is 16.4. The van der Waals surface area contributed by atoms with Gasteiger partial charge in [-0.25, -0.2) is 5.01 Å². The van der Waals surface area contributed by atoms with Gasteiger partial charge in [0.1, 0.15) is 12.6 Å². The quantitative estimate of drug-likeness (QED) is 0.377. The number of hydrogen-bond acceptors (Lipinski definition) is 7. The fourth-order valence-corrected chi connectivity index (χ4v) is 2.87. The Kier molecular flexibility index (Phi) is 13.1. The number of aliphatic hydroxyl groups excluding tert-OH is 1. The van der Waals surface area contributed by atoms with Crippen molar-refractivity contribution >= 4 is 11.9 Å². The molecular weight excluding hydrogens is 358 g/mol. The molecule has 0 radical (unpaired) electrons. The van der Waals surface area contributed by atoms with Crippen LogP contribution < -0.4 is 5.43 Å². The van der Waals surface area contributed by atoms with Crippen LogP contribution >= 0.6 is 0 Å². The average molecular weight is 391 g/mol. The van der Waals surface area contributed by atoms with Crippen LogP contribution in [0, 0.1) is 16.0 Å². The molecular formula is C17H33N3O7. The summed E-state index contributed by atoms with van der Waals surface area (Å²) in [5.41, 5.74) is 2.58. The molecule has 1 aliphatic carbocycles. The highest BCUT2D eigenvalue weighted by Gasteiger charge is 2.28. The third-order valence-electron chi connectivity index (χ3n) is 3.92. The van der Waals surface area contributed by atoms with Crippen molar-refractivity contribution in [2.24, 2.45) is 5.92 Å². The lowest BCUT2D eigenvalue weighted by atomic mass is 9.84. The van der Waals surface area contributed by atoms with E-state index in [9.17, 15) is 19.7 Å². The fraction of sp³-hybridized carbons (Fsp3) is 0.882. The molecule has 1 amide bonds. The van der Waals surface area contributed by atoms with Crippen molar-refractivity contribution < 1.29 is 29.7 Å². The van der Waals surface area contributed by atoms with Crippen LogP contribution in [0.5, 0.6) is 0 Å². The molecule has 0 aromatic carbocycles. The van der Waals surface area contributed by atoms with Crippen LogP contribution in [-0.2, 0) is 14.4 Å². The topological polar surface area (TPSA) is 142 Å². The van der Waals surface area contributed by atoms with Crippen LogP contribution in [-0.4, -0.2) is 57.5 Å². The summed E-state index contributed by atoms with van der Waals surface area (Å²) in [7, 11) is 0. The lowest BCUT2D eigenvalue weighted by molar-refractivity contribution is -0.771. The SMILES string of the molecule is CC(C)O.CCCC(=O)NN(CCC1CCCCC1O[N+](=O)[O-])CC(=O)O. The van der Waals surface area contributed by atoms with Gasteiger partial charge in [0.2, 0.25) is 5.91 Å². The van der Waals surface area contributed by atoms with E-state index in [0.29, 0.717) is 32.2 Å². The molecule has 2 unspecified atom stereocenters. The molecule has 0 heterocycles. The second-order valence-corrected chi connectivity index (χ2v) is 6.89. The number of rotatable bonds is 10. The van der Waals surface area contributed by atoms with Gasteiger partial charge in [0, 0.05) is 19.1 Å². The number of carboxylic acids is 1. The minimum atomic E-state index is -1.04. The third-order valence-corrected chi connectivity index (χ3v) is 3.92. The molecule has 0 aromatic rings. The van der Waals surface area contributed by atoms with Crippen molar-refractivity contribution in [2.75, 3.05) is 13.1 Å². The Morgan fingerprint density at radius 1 is 1.33 bits per heavy atom. The first-order valence-corrected chi connectivity index (χ1v) is 9.41. The monoisotopic (exact) mass is 391 g/mol. The highest BCUT2D eigenvalue weighted by atomic mass is 17.0. The predicted molar refractivity (Wildman–Crippen MR) is 98.1 cm³/mol. The van der Waals surface area contributed by atoms with Gasteiger partial charge in [0.25, 0.3) is 5.09 Å². The Hall–Kier alpha value is -1.94. The van der Waals surface area contributed by atoms with Crippen molar-refractivity contribution in [1.29, 1.82) is 0 Å². The van der Waals surface area contributed by atoms with Crippen LogP contribution in [0.2, 0.25) is 0 Å². The summed E-state index contributed by atoms with van der Waals surface area (Å²) >= 11 is 0. The molecule has 27 heavy (non-hydrogen) atoms. The third kappa shape index (κ3) is 13.9. The van der Waals surface area contributed by atoms with E-state index in [1.165, 1.54) is 5.01 Å². The molecule has 0 saturated heterocycles. The minimum Gasteiger partial charge on any atom is -0.480 e. The Morgan fingerprint density at radius 3 is 2.44 bits per heavy atom. The Morgan fingerprint density at radius 2 is 1.93 bits per heavy atom. The van der Waals surface area contributed by atoms with Gasteiger partial charge < -0.3 is 15.1 Å². The van der Waals surface area contributed by atoms with Crippen molar-refractivity contribution in [3.05, 3.63) is 10.1 Å². The first-order chi connectivity index (χ1) is 12.6. The lowest BCUT2D eigenvalue weighted by Crippen LogP contribution is -2.46. The molecule has 2 atom stereocenters. The molecule has 1 rings (SSSR count). The Bertz CT molecular complexity index is 457. The average Bonchev–Trinajstić information content (AvgIpc) is 2.52. The molecule has 0 aliphatic heterocycles. The molecule has 158 valence electrons. The van der Waals surface area contributed by atoms with Gasteiger partial charge in [0.15, 0.2) is 0 Å². The number of nitrogens with zero attached hydrogens (tertiary/aromatic N) is 2. The minimum absolute atomic E-state index is 0.00600.